The Bertz CT molecular complexity index is 993. The van der Waals surface area contributed by atoms with E-state index < -0.39 is 23.5 Å². The number of nitrogens with zero attached hydrogens (tertiary/aromatic N) is 2. The molecule has 0 aliphatic rings. The second-order valence-corrected chi connectivity index (χ2v) is 7.03. The second-order valence-electron chi connectivity index (χ2n) is 7.03. The van der Waals surface area contributed by atoms with Gasteiger partial charge in [-0.25, -0.2) is 9.78 Å². The first-order valence-corrected chi connectivity index (χ1v) is 9.89. The van der Waals surface area contributed by atoms with E-state index in [9.17, 15) is 24.3 Å². The summed E-state index contributed by atoms with van der Waals surface area (Å²) in [5, 5.41) is 26.7. The third kappa shape index (κ3) is 7.35. The minimum absolute atomic E-state index is 0.122. The average molecular weight is 443 g/mol. The van der Waals surface area contributed by atoms with Crippen LogP contribution >= 0.6 is 0 Å². The molecular weight excluding hydrogens is 418 g/mol. The molecule has 2 rings (SSSR count). The molecule has 0 aliphatic heterocycles. The quantitative estimate of drug-likeness (QED) is 0.342. The Morgan fingerprint density at radius 2 is 1.72 bits per heavy atom. The van der Waals surface area contributed by atoms with Gasteiger partial charge >= 0.3 is 5.97 Å². The summed E-state index contributed by atoms with van der Waals surface area (Å²) in [6.07, 6.45) is 2.72. The number of aromatic nitrogens is 2. The van der Waals surface area contributed by atoms with E-state index in [4.69, 9.17) is 5.11 Å². The van der Waals surface area contributed by atoms with Crippen molar-refractivity contribution in [3.8, 4) is 17.3 Å². The predicted octanol–water partition coefficient (Wildman–Crippen LogP) is 1.30. The van der Waals surface area contributed by atoms with Crippen LogP contribution < -0.4 is 16.0 Å². The van der Waals surface area contributed by atoms with Crippen LogP contribution in [0.5, 0.6) is 5.88 Å². The maximum atomic E-state index is 12.6. The highest BCUT2D eigenvalue weighted by Gasteiger charge is 2.19. The van der Waals surface area contributed by atoms with Crippen molar-refractivity contribution in [3.63, 3.8) is 0 Å². The van der Waals surface area contributed by atoms with Gasteiger partial charge in [0, 0.05) is 37.8 Å². The number of hydrogen-bond donors (Lipinski definition) is 5. The Labute approximate surface area is 184 Å². The van der Waals surface area contributed by atoms with Gasteiger partial charge in [-0.3, -0.25) is 14.4 Å². The SMILES string of the molecule is CC(=O)NCCCCC(NC(C)=O)C(=O)Nc1ccc(-c2ncc(C(=O)O)c(O)n2)cc1. The van der Waals surface area contributed by atoms with Crippen molar-refractivity contribution in [2.75, 3.05) is 11.9 Å². The molecule has 0 bridgehead atoms. The molecule has 0 fully saturated rings. The number of carboxylic acid groups (broad SMARTS) is 1. The molecule has 2 aromatic rings. The third-order valence-corrected chi connectivity index (χ3v) is 4.40. The summed E-state index contributed by atoms with van der Waals surface area (Å²) >= 11 is 0. The van der Waals surface area contributed by atoms with E-state index in [0.29, 0.717) is 37.1 Å². The van der Waals surface area contributed by atoms with Gasteiger partial charge < -0.3 is 26.2 Å². The molecule has 0 spiro atoms. The van der Waals surface area contributed by atoms with Gasteiger partial charge in [-0.1, -0.05) is 0 Å². The maximum Gasteiger partial charge on any atom is 0.342 e. The minimum Gasteiger partial charge on any atom is -0.493 e. The van der Waals surface area contributed by atoms with Crippen LogP contribution in [0, 0.1) is 0 Å². The molecule has 1 heterocycles. The van der Waals surface area contributed by atoms with E-state index in [-0.39, 0.29) is 23.5 Å². The Balaban J connectivity index is 2.00. The smallest absolute Gasteiger partial charge is 0.342 e. The molecule has 0 saturated carbocycles. The first-order chi connectivity index (χ1) is 15.2. The fourth-order valence-electron chi connectivity index (χ4n) is 2.85. The number of aromatic hydroxyl groups is 1. The topological polar surface area (TPSA) is 171 Å². The van der Waals surface area contributed by atoms with Crippen LogP contribution in [0.4, 0.5) is 5.69 Å². The largest absolute Gasteiger partial charge is 0.493 e. The number of unbranched alkanes of at least 4 members (excludes halogenated alkanes) is 1. The Morgan fingerprint density at radius 3 is 2.28 bits per heavy atom. The maximum absolute atomic E-state index is 12.6. The predicted molar refractivity (Wildman–Crippen MR) is 115 cm³/mol. The van der Waals surface area contributed by atoms with Crippen molar-refractivity contribution in [1.29, 1.82) is 0 Å². The van der Waals surface area contributed by atoms with Gasteiger partial charge in [-0.15, -0.1) is 0 Å². The molecule has 11 nitrogen and oxygen atoms in total. The summed E-state index contributed by atoms with van der Waals surface area (Å²) in [5.41, 5.74) is 0.573. The highest BCUT2D eigenvalue weighted by atomic mass is 16.4. The van der Waals surface area contributed by atoms with Crippen molar-refractivity contribution in [1.82, 2.24) is 20.6 Å². The van der Waals surface area contributed by atoms with Gasteiger partial charge in [0.25, 0.3) is 0 Å². The molecule has 32 heavy (non-hydrogen) atoms. The molecule has 0 aliphatic carbocycles. The lowest BCUT2D eigenvalue weighted by molar-refractivity contribution is -0.125. The summed E-state index contributed by atoms with van der Waals surface area (Å²) in [5.74, 6) is -2.69. The van der Waals surface area contributed by atoms with Gasteiger partial charge in [0.1, 0.15) is 11.6 Å². The lowest BCUT2D eigenvalue weighted by atomic mass is 10.1. The van der Waals surface area contributed by atoms with Crippen molar-refractivity contribution in [3.05, 3.63) is 36.0 Å². The van der Waals surface area contributed by atoms with E-state index in [1.54, 1.807) is 24.3 Å². The number of nitrogens with one attached hydrogen (secondary N) is 3. The zero-order chi connectivity index (χ0) is 23.7. The minimum atomic E-state index is -1.34. The molecule has 1 atom stereocenters. The van der Waals surface area contributed by atoms with Crippen LogP contribution in [-0.4, -0.2) is 56.5 Å². The first-order valence-electron chi connectivity index (χ1n) is 9.89. The lowest BCUT2D eigenvalue weighted by Gasteiger charge is -2.18. The zero-order valence-electron chi connectivity index (χ0n) is 17.7. The van der Waals surface area contributed by atoms with E-state index in [0.717, 1.165) is 6.20 Å². The summed E-state index contributed by atoms with van der Waals surface area (Å²) in [6, 6.07) is 5.67. The molecular formula is C21H25N5O6. The molecule has 170 valence electrons. The molecule has 11 heteroatoms. The van der Waals surface area contributed by atoms with Gasteiger partial charge in [-0.2, -0.15) is 4.98 Å². The highest BCUT2D eigenvalue weighted by Crippen LogP contribution is 2.22. The number of carboxylic acids is 1. The third-order valence-electron chi connectivity index (χ3n) is 4.40. The summed E-state index contributed by atoms with van der Waals surface area (Å²) in [4.78, 5) is 53.6. The molecule has 5 N–H and O–H groups in total. The highest BCUT2D eigenvalue weighted by molar-refractivity contribution is 5.97. The molecule has 0 radical (unpaired) electrons. The number of rotatable bonds is 10. The van der Waals surface area contributed by atoms with E-state index in [1.165, 1.54) is 13.8 Å². The molecule has 3 amide bonds. The van der Waals surface area contributed by atoms with Crippen molar-refractivity contribution in [2.45, 2.75) is 39.2 Å². The van der Waals surface area contributed by atoms with Crippen molar-refractivity contribution < 1.29 is 29.4 Å². The van der Waals surface area contributed by atoms with Crippen LogP contribution in [0.25, 0.3) is 11.4 Å². The van der Waals surface area contributed by atoms with Crippen molar-refractivity contribution >= 4 is 29.4 Å². The van der Waals surface area contributed by atoms with Gasteiger partial charge in [-0.05, 0) is 43.5 Å². The van der Waals surface area contributed by atoms with Crippen LogP contribution in [0.3, 0.4) is 0 Å². The number of hydrogen-bond acceptors (Lipinski definition) is 7. The standard InChI is InChI=1S/C21H25N5O6/c1-12(27)22-10-4-3-5-17(24-13(2)28)20(30)25-15-8-6-14(7-9-15)18-23-11-16(21(31)32)19(29)26-18/h6-9,11,17H,3-5,10H2,1-2H3,(H,22,27)(H,24,28)(H,25,30)(H,31,32)(H,23,26,29). The van der Waals surface area contributed by atoms with Crippen molar-refractivity contribution in [2.24, 2.45) is 0 Å². The molecule has 1 aromatic carbocycles. The summed E-state index contributed by atoms with van der Waals surface area (Å²) in [7, 11) is 0. The molecule has 0 saturated heterocycles. The average Bonchev–Trinajstić information content (AvgIpc) is 2.72. The van der Waals surface area contributed by atoms with Crippen LogP contribution in [-0.2, 0) is 14.4 Å². The normalized spacial score (nSPS) is 11.3. The van der Waals surface area contributed by atoms with Gasteiger partial charge in [0.15, 0.2) is 5.82 Å². The number of carbonyl (C=O) groups excluding carboxylic acids is 3. The van der Waals surface area contributed by atoms with Crippen LogP contribution in [0.15, 0.2) is 30.5 Å². The Morgan fingerprint density at radius 1 is 1.03 bits per heavy atom. The molecule has 1 aromatic heterocycles. The monoisotopic (exact) mass is 443 g/mol. The van der Waals surface area contributed by atoms with Crippen LogP contribution in [0.2, 0.25) is 0 Å². The zero-order valence-corrected chi connectivity index (χ0v) is 17.7. The summed E-state index contributed by atoms with van der Waals surface area (Å²) in [6.45, 7) is 3.26. The van der Waals surface area contributed by atoms with E-state index in [1.807, 2.05) is 0 Å². The number of benzene rings is 1. The number of amides is 3. The van der Waals surface area contributed by atoms with Gasteiger partial charge in [0.2, 0.25) is 23.6 Å². The number of carbonyl (C=O) groups is 4. The lowest BCUT2D eigenvalue weighted by Crippen LogP contribution is -2.42. The van der Waals surface area contributed by atoms with E-state index >= 15 is 0 Å². The fraction of sp³-hybridized carbons (Fsp3) is 0.333. The Hall–Kier alpha value is -4.02. The molecule has 1 unspecified atom stereocenters. The first kappa shape index (κ1) is 24.3. The number of aromatic carboxylic acids is 1. The summed E-state index contributed by atoms with van der Waals surface area (Å²) < 4.78 is 0. The van der Waals surface area contributed by atoms with Gasteiger partial charge in [0.05, 0.1) is 0 Å². The number of anilines is 1. The Kier molecular flexibility index (Phi) is 8.63. The fourth-order valence-corrected chi connectivity index (χ4v) is 2.85. The van der Waals surface area contributed by atoms with E-state index in [2.05, 4.69) is 25.9 Å². The second kappa shape index (κ2) is 11.4. The van der Waals surface area contributed by atoms with Crippen LogP contribution in [0.1, 0.15) is 43.5 Å².